The number of nitrogens with zero attached hydrogens (tertiary/aromatic N) is 1. The van der Waals surface area contributed by atoms with Crippen LogP contribution in [-0.4, -0.2) is 30.1 Å². The predicted molar refractivity (Wildman–Crippen MR) is 106 cm³/mol. The van der Waals surface area contributed by atoms with Gasteiger partial charge in [-0.2, -0.15) is 0 Å². The largest absolute Gasteiger partial charge is 0.322 e. The highest BCUT2D eigenvalue weighted by Crippen LogP contribution is 2.65. The summed E-state index contributed by atoms with van der Waals surface area (Å²) in [5.74, 6) is 0.175. The van der Waals surface area contributed by atoms with E-state index in [0.717, 1.165) is 16.8 Å². The van der Waals surface area contributed by atoms with Crippen molar-refractivity contribution in [1.82, 2.24) is 0 Å². The maximum atomic E-state index is 13.0. The lowest BCUT2D eigenvalue weighted by molar-refractivity contribution is -0.115. The minimum Gasteiger partial charge on any atom is -0.322 e. The Bertz CT molecular complexity index is 617. The molecule has 1 unspecified atom stereocenters. The Hall–Kier alpha value is -1.39. The van der Waals surface area contributed by atoms with E-state index in [-0.39, 0.29) is 11.6 Å². The van der Waals surface area contributed by atoms with Gasteiger partial charge in [0.05, 0.1) is 25.1 Å². The summed E-state index contributed by atoms with van der Waals surface area (Å²) in [7, 11) is -1.20. The Morgan fingerprint density at radius 2 is 1.75 bits per heavy atom. The van der Waals surface area contributed by atoms with Gasteiger partial charge in [-0.05, 0) is 64.5 Å². The quantitative estimate of drug-likeness (QED) is 0.543. The lowest BCUT2D eigenvalue weighted by Crippen LogP contribution is -2.31. The van der Waals surface area contributed by atoms with E-state index in [4.69, 9.17) is 6.57 Å². The number of nitrogens with one attached hydrogen (secondary N) is 1. The molecule has 0 aromatic heterocycles. The van der Waals surface area contributed by atoms with E-state index in [1.807, 2.05) is 26.0 Å². The van der Waals surface area contributed by atoms with Crippen LogP contribution in [0.25, 0.3) is 4.85 Å². The molecule has 130 valence electrons. The van der Waals surface area contributed by atoms with Crippen LogP contribution in [0.2, 0.25) is 0 Å². The van der Waals surface area contributed by atoms with Crippen molar-refractivity contribution in [3.05, 3.63) is 34.7 Å². The number of anilines is 1. The summed E-state index contributed by atoms with van der Waals surface area (Å²) in [5.41, 5.74) is 3.61. The topological polar surface area (TPSA) is 33.5 Å². The SMILES string of the molecule is [C-]#[N+]c1cc(C)c(NC(=O)C(C)[P+]2(CC)CCCCCC2)c(C)c1. The number of carbonyl (C=O) groups is 1. The van der Waals surface area contributed by atoms with E-state index in [2.05, 4.69) is 24.0 Å². The lowest BCUT2D eigenvalue weighted by atomic mass is 10.1. The van der Waals surface area contributed by atoms with Gasteiger partial charge in [0.25, 0.3) is 5.91 Å². The molecular weight excluding hydrogens is 315 g/mol. The van der Waals surface area contributed by atoms with E-state index in [1.165, 1.54) is 44.2 Å². The molecule has 1 heterocycles. The van der Waals surface area contributed by atoms with Gasteiger partial charge in [0, 0.05) is 12.9 Å². The van der Waals surface area contributed by atoms with Crippen LogP contribution >= 0.6 is 7.26 Å². The highest BCUT2D eigenvalue weighted by molar-refractivity contribution is 7.77. The molecule has 1 amide bonds. The summed E-state index contributed by atoms with van der Waals surface area (Å²) in [5, 5.41) is 3.19. The smallest absolute Gasteiger partial charge is 0.264 e. The number of hydrogen-bond donors (Lipinski definition) is 1. The number of rotatable bonds is 4. The van der Waals surface area contributed by atoms with Gasteiger partial charge in [-0.25, -0.2) is 4.85 Å². The number of amides is 1. The van der Waals surface area contributed by atoms with Crippen molar-refractivity contribution in [2.75, 3.05) is 23.8 Å². The highest BCUT2D eigenvalue weighted by atomic mass is 31.2. The second-order valence-electron chi connectivity index (χ2n) is 7.13. The molecule has 1 saturated heterocycles. The molecule has 0 aliphatic carbocycles. The zero-order chi connectivity index (χ0) is 17.7. The summed E-state index contributed by atoms with van der Waals surface area (Å²) in [6.07, 6.45) is 8.95. The van der Waals surface area contributed by atoms with Crippen molar-refractivity contribution in [3.63, 3.8) is 0 Å². The van der Waals surface area contributed by atoms with E-state index in [9.17, 15) is 4.79 Å². The Labute approximate surface area is 147 Å². The highest BCUT2D eigenvalue weighted by Gasteiger charge is 2.45. The van der Waals surface area contributed by atoms with Crippen LogP contribution in [-0.2, 0) is 4.79 Å². The van der Waals surface area contributed by atoms with Gasteiger partial charge in [0.1, 0.15) is 5.66 Å². The molecule has 1 fully saturated rings. The number of carbonyl (C=O) groups excluding carboxylic acids is 1. The third-order valence-corrected chi connectivity index (χ3v) is 11.2. The molecule has 0 spiro atoms. The Morgan fingerprint density at radius 3 is 2.21 bits per heavy atom. The van der Waals surface area contributed by atoms with Gasteiger partial charge in [-0.3, -0.25) is 4.79 Å². The van der Waals surface area contributed by atoms with Crippen LogP contribution < -0.4 is 5.32 Å². The van der Waals surface area contributed by atoms with Crippen LogP contribution in [0, 0.1) is 20.4 Å². The zero-order valence-electron chi connectivity index (χ0n) is 15.5. The monoisotopic (exact) mass is 345 g/mol. The van der Waals surface area contributed by atoms with E-state index in [0.29, 0.717) is 5.69 Å². The molecule has 24 heavy (non-hydrogen) atoms. The molecule has 2 rings (SSSR count). The van der Waals surface area contributed by atoms with Crippen LogP contribution in [0.4, 0.5) is 11.4 Å². The molecule has 0 bridgehead atoms. The summed E-state index contributed by atoms with van der Waals surface area (Å²) >= 11 is 0. The minimum atomic E-state index is -1.20. The molecule has 1 aliphatic heterocycles. The fourth-order valence-electron chi connectivity index (χ4n) is 3.97. The standard InChI is InChI=1S/C20H29N2OP/c1-6-24(11-9-7-8-10-12-24)17(4)20(23)22-19-15(2)13-18(21-5)14-16(19)3/h13-14,17H,6-12H2,1-4H3/p+1. The minimum absolute atomic E-state index is 0.125. The van der Waals surface area contributed by atoms with E-state index in [1.54, 1.807) is 0 Å². The Balaban J connectivity index is 2.21. The van der Waals surface area contributed by atoms with Crippen molar-refractivity contribution in [2.45, 2.75) is 59.0 Å². The molecule has 1 aromatic carbocycles. The second-order valence-corrected chi connectivity index (χ2v) is 11.9. The second kappa shape index (κ2) is 8.13. The molecule has 1 aromatic rings. The molecule has 1 atom stereocenters. The molecular formula is C20H30N2OP+. The van der Waals surface area contributed by atoms with Crippen molar-refractivity contribution < 1.29 is 4.79 Å². The first-order chi connectivity index (χ1) is 11.4. The van der Waals surface area contributed by atoms with Crippen LogP contribution in [0.1, 0.15) is 50.7 Å². The average Bonchev–Trinajstić information content (AvgIpc) is 2.83. The van der Waals surface area contributed by atoms with Crippen LogP contribution in [0.3, 0.4) is 0 Å². The summed E-state index contributed by atoms with van der Waals surface area (Å²) in [6.45, 7) is 15.5. The van der Waals surface area contributed by atoms with Crippen LogP contribution in [0.5, 0.6) is 0 Å². The summed E-state index contributed by atoms with van der Waals surface area (Å²) in [4.78, 5) is 16.5. The Kier molecular flexibility index (Phi) is 6.41. The van der Waals surface area contributed by atoms with E-state index < -0.39 is 7.26 Å². The van der Waals surface area contributed by atoms with Gasteiger partial charge in [-0.15, -0.1) is 0 Å². The summed E-state index contributed by atoms with van der Waals surface area (Å²) in [6, 6.07) is 3.72. The first kappa shape index (κ1) is 18.9. The van der Waals surface area contributed by atoms with Gasteiger partial charge in [0.2, 0.25) is 0 Å². The molecule has 3 nitrogen and oxygen atoms in total. The van der Waals surface area contributed by atoms with Gasteiger partial charge < -0.3 is 5.32 Å². The fraction of sp³-hybridized carbons (Fsp3) is 0.600. The maximum Gasteiger partial charge on any atom is 0.264 e. The lowest BCUT2D eigenvalue weighted by Gasteiger charge is -2.30. The third-order valence-electron chi connectivity index (χ3n) is 5.68. The van der Waals surface area contributed by atoms with Gasteiger partial charge in [0.15, 0.2) is 5.69 Å². The molecule has 4 heteroatoms. The van der Waals surface area contributed by atoms with Crippen molar-refractivity contribution in [3.8, 4) is 0 Å². The Morgan fingerprint density at radius 1 is 1.21 bits per heavy atom. The van der Waals surface area contributed by atoms with Crippen molar-refractivity contribution >= 4 is 24.5 Å². The maximum absolute atomic E-state index is 13.0. The van der Waals surface area contributed by atoms with Gasteiger partial charge in [-0.1, -0.05) is 12.1 Å². The first-order valence-corrected chi connectivity index (χ1v) is 11.5. The van der Waals surface area contributed by atoms with Gasteiger partial charge >= 0.3 is 0 Å². The number of hydrogen-bond acceptors (Lipinski definition) is 1. The summed E-state index contributed by atoms with van der Waals surface area (Å²) < 4.78 is 0. The van der Waals surface area contributed by atoms with Crippen molar-refractivity contribution in [1.29, 1.82) is 0 Å². The average molecular weight is 345 g/mol. The van der Waals surface area contributed by atoms with Crippen LogP contribution in [0.15, 0.2) is 12.1 Å². The van der Waals surface area contributed by atoms with E-state index >= 15 is 0 Å². The third kappa shape index (κ3) is 3.98. The number of aryl methyl sites for hydroxylation is 2. The predicted octanol–water partition coefficient (Wildman–Crippen LogP) is 5.79. The fourth-order valence-corrected chi connectivity index (χ4v) is 8.42. The molecule has 0 radical (unpaired) electrons. The molecule has 1 aliphatic rings. The first-order valence-electron chi connectivity index (χ1n) is 9.09. The zero-order valence-corrected chi connectivity index (χ0v) is 16.4. The molecule has 0 saturated carbocycles. The molecule has 1 N–H and O–H groups in total. The number of benzene rings is 1. The normalized spacial score (nSPS) is 18.3. The van der Waals surface area contributed by atoms with Crippen molar-refractivity contribution in [2.24, 2.45) is 0 Å².